The Morgan fingerprint density at radius 3 is 2.76 bits per heavy atom. The van der Waals surface area contributed by atoms with E-state index in [1.807, 2.05) is 78.9 Å². The van der Waals surface area contributed by atoms with Crippen molar-refractivity contribution in [3.63, 3.8) is 0 Å². The van der Waals surface area contributed by atoms with E-state index in [-0.39, 0.29) is 11.8 Å². The zero-order valence-electron chi connectivity index (χ0n) is 19.2. The standard InChI is InChI=1S/C27H26N4O2S/c1-17-22(15-29-26(32)24-13-18-7-3-5-9-23(18)30-24)20-11-12-31(16-19(20)14-28-17)27(33)21-8-4-6-10-25(21)34-2/h3-10,13-14,30H,11-12,15-16H2,1-2H3,(H,29,32). The van der Waals surface area contributed by atoms with E-state index < -0.39 is 0 Å². The molecule has 4 aromatic rings. The number of pyridine rings is 1. The lowest BCUT2D eigenvalue weighted by molar-refractivity contribution is 0.0730. The van der Waals surface area contributed by atoms with Crippen molar-refractivity contribution in [2.75, 3.05) is 12.8 Å². The van der Waals surface area contributed by atoms with Crippen molar-refractivity contribution in [3.8, 4) is 0 Å². The van der Waals surface area contributed by atoms with Crippen molar-refractivity contribution in [2.45, 2.75) is 31.3 Å². The molecule has 2 aromatic heterocycles. The molecule has 0 fully saturated rings. The van der Waals surface area contributed by atoms with Crippen LogP contribution < -0.4 is 5.32 Å². The molecule has 1 aliphatic heterocycles. The minimum Gasteiger partial charge on any atom is -0.351 e. The number of hydrogen-bond acceptors (Lipinski definition) is 4. The van der Waals surface area contributed by atoms with Crippen LogP contribution in [0.3, 0.4) is 0 Å². The van der Waals surface area contributed by atoms with Crippen LogP contribution in [0.1, 0.15) is 43.2 Å². The van der Waals surface area contributed by atoms with Gasteiger partial charge in [-0.3, -0.25) is 14.6 Å². The van der Waals surface area contributed by atoms with Crippen LogP contribution in [-0.4, -0.2) is 39.5 Å². The number of amides is 2. The maximum absolute atomic E-state index is 13.2. The van der Waals surface area contributed by atoms with Crippen LogP contribution in [-0.2, 0) is 19.5 Å². The van der Waals surface area contributed by atoms with Crippen molar-refractivity contribution < 1.29 is 9.59 Å². The van der Waals surface area contributed by atoms with Crippen molar-refractivity contribution in [1.82, 2.24) is 20.2 Å². The second kappa shape index (κ2) is 9.35. The summed E-state index contributed by atoms with van der Waals surface area (Å²) < 4.78 is 0. The maximum atomic E-state index is 13.2. The number of carbonyl (C=O) groups excluding carboxylic acids is 2. The number of carbonyl (C=O) groups is 2. The molecule has 0 bridgehead atoms. The third kappa shape index (κ3) is 4.19. The molecule has 0 saturated heterocycles. The number of para-hydroxylation sites is 1. The van der Waals surface area contributed by atoms with E-state index in [1.54, 1.807) is 11.8 Å². The lowest BCUT2D eigenvalue weighted by Crippen LogP contribution is -2.37. The number of H-pyrrole nitrogens is 1. The first-order valence-electron chi connectivity index (χ1n) is 11.3. The molecular formula is C27H26N4O2S. The molecule has 3 heterocycles. The summed E-state index contributed by atoms with van der Waals surface area (Å²) in [5.41, 5.74) is 6.40. The molecule has 0 spiro atoms. The second-order valence-corrected chi connectivity index (χ2v) is 9.30. The lowest BCUT2D eigenvalue weighted by atomic mass is 9.94. The number of thioether (sulfide) groups is 1. The smallest absolute Gasteiger partial charge is 0.267 e. The van der Waals surface area contributed by atoms with Gasteiger partial charge in [0.05, 0.1) is 5.56 Å². The van der Waals surface area contributed by atoms with Crippen LogP contribution >= 0.6 is 11.8 Å². The Kier molecular flexibility index (Phi) is 6.11. The van der Waals surface area contributed by atoms with Crippen LogP contribution in [0.5, 0.6) is 0 Å². The highest BCUT2D eigenvalue weighted by atomic mass is 32.2. The highest BCUT2D eigenvalue weighted by Crippen LogP contribution is 2.27. The molecule has 2 amide bonds. The monoisotopic (exact) mass is 470 g/mol. The van der Waals surface area contributed by atoms with Gasteiger partial charge in [0.2, 0.25) is 0 Å². The van der Waals surface area contributed by atoms with E-state index in [0.717, 1.165) is 44.6 Å². The molecule has 0 unspecified atom stereocenters. The molecular weight excluding hydrogens is 444 g/mol. The fourth-order valence-electron chi connectivity index (χ4n) is 4.58. The molecule has 7 heteroatoms. The van der Waals surface area contributed by atoms with Crippen LogP contribution in [0, 0.1) is 6.92 Å². The van der Waals surface area contributed by atoms with Gasteiger partial charge in [-0.25, -0.2) is 0 Å². The van der Waals surface area contributed by atoms with Gasteiger partial charge in [-0.2, -0.15) is 0 Å². The zero-order chi connectivity index (χ0) is 23.7. The Labute approximate surface area is 202 Å². The molecule has 2 N–H and O–H groups in total. The van der Waals surface area contributed by atoms with E-state index in [9.17, 15) is 9.59 Å². The summed E-state index contributed by atoms with van der Waals surface area (Å²) in [5, 5.41) is 4.06. The van der Waals surface area contributed by atoms with E-state index >= 15 is 0 Å². The summed E-state index contributed by atoms with van der Waals surface area (Å²) in [6.07, 6.45) is 4.60. The molecule has 0 saturated carbocycles. The first-order valence-corrected chi connectivity index (χ1v) is 12.5. The zero-order valence-corrected chi connectivity index (χ0v) is 20.0. The second-order valence-electron chi connectivity index (χ2n) is 8.46. The van der Waals surface area contributed by atoms with Crippen LogP contribution in [0.2, 0.25) is 0 Å². The number of aromatic amines is 1. The summed E-state index contributed by atoms with van der Waals surface area (Å²) in [4.78, 5) is 36.7. The first kappa shape index (κ1) is 22.2. The molecule has 0 aliphatic carbocycles. The van der Waals surface area contributed by atoms with E-state index in [2.05, 4.69) is 15.3 Å². The van der Waals surface area contributed by atoms with E-state index in [1.165, 1.54) is 5.56 Å². The van der Waals surface area contributed by atoms with Crippen LogP contribution in [0.25, 0.3) is 10.9 Å². The number of rotatable bonds is 5. The number of aromatic nitrogens is 2. The molecule has 0 atom stereocenters. The summed E-state index contributed by atoms with van der Waals surface area (Å²) in [6.45, 7) is 3.53. The van der Waals surface area contributed by atoms with Gasteiger partial charge in [-0.15, -0.1) is 11.8 Å². The normalized spacial score (nSPS) is 13.1. The summed E-state index contributed by atoms with van der Waals surface area (Å²) >= 11 is 1.58. The van der Waals surface area contributed by atoms with Crippen molar-refractivity contribution >= 4 is 34.5 Å². The van der Waals surface area contributed by atoms with Crippen molar-refractivity contribution in [1.29, 1.82) is 0 Å². The summed E-state index contributed by atoms with van der Waals surface area (Å²) in [7, 11) is 0. The molecule has 2 aromatic carbocycles. The fraction of sp³-hybridized carbons (Fsp3) is 0.222. The number of fused-ring (bicyclic) bond motifs is 2. The molecule has 172 valence electrons. The number of hydrogen-bond donors (Lipinski definition) is 2. The van der Waals surface area contributed by atoms with Crippen LogP contribution in [0.4, 0.5) is 0 Å². The van der Waals surface area contributed by atoms with Gasteiger partial charge < -0.3 is 15.2 Å². The Morgan fingerprint density at radius 2 is 1.94 bits per heavy atom. The van der Waals surface area contributed by atoms with Gasteiger partial charge in [0.1, 0.15) is 5.69 Å². The van der Waals surface area contributed by atoms with E-state index in [0.29, 0.717) is 25.3 Å². The Balaban J connectivity index is 1.33. The molecule has 34 heavy (non-hydrogen) atoms. The van der Waals surface area contributed by atoms with Crippen molar-refractivity contribution in [2.24, 2.45) is 0 Å². The highest BCUT2D eigenvalue weighted by Gasteiger charge is 2.26. The third-order valence-electron chi connectivity index (χ3n) is 6.42. The summed E-state index contributed by atoms with van der Waals surface area (Å²) in [5.74, 6) is -0.0978. The quantitative estimate of drug-likeness (QED) is 0.414. The van der Waals surface area contributed by atoms with Crippen LogP contribution in [0.15, 0.2) is 65.7 Å². The van der Waals surface area contributed by atoms with Gasteiger partial charge in [-0.05, 0) is 60.6 Å². The largest absolute Gasteiger partial charge is 0.351 e. The molecule has 6 nitrogen and oxygen atoms in total. The minimum atomic E-state index is -0.144. The Morgan fingerprint density at radius 1 is 1.15 bits per heavy atom. The number of nitrogens with zero attached hydrogens (tertiary/aromatic N) is 2. The number of benzene rings is 2. The SMILES string of the molecule is CSc1ccccc1C(=O)N1CCc2c(cnc(C)c2CNC(=O)c2cc3ccccc3[nH]2)C1. The topological polar surface area (TPSA) is 78.1 Å². The predicted molar refractivity (Wildman–Crippen MR) is 135 cm³/mol. The first-order chi connectivity index (χ1) is 16.5. The van der Waals surface area contributed by atoms with Gasteiger partial charge in [0, 0.05) is 47.3 Å². The van der Waals surface area contributed by atoms with E-state index in [4.69, 9.17) is 0 Å². The predicted octanol–water partition coefficient (Wildman–Crippen LogP) is 4.72. The number of nitrogens with one attached hydrogen (secondary N) is 2. The average molecular weight is 471 g/mol. The maximum Gasteiger partial charge on any atom is 0.267 e. The van der Waals surface area contributed by atoms with Gasteiger partial charge in [0.15, 0.2) is 0 Å². The van der Waals surface area contributed by atoms with Gasteiger partial charge in [0.25, 0.3) is 11.8 Å². The molecule has 5 rings (SSSR count). The fourth-order valence-corrected chi connectivity index (χ4v) is 5.17. The number of aryl methyl sites for hydroxylation is 1. The molecule has 0 radical (unpaired) electrons. The highest BCUT2D eigenvalue weighted by molar-refractivity contribution is 7.98. The Bertz CT molecular complexity index is 1360. The molecule has 1 aliphatic rings. The lowest BCUT2D eigenvalue weighted by Gasteiger charge is -2.31. The third-order valence-corrected chi connectivity index (χ3v) is 7.22. The average Bonchev–Trinajstić information content (AvgIpc) is 3.32. The van der Waals surface area contributed by atoms with Gasteiger partial charge >= 0.3 is 0 Å². The summed E-state index contributed by atoms with van der Waals surface area (Å²) in [6, 6.07) is 17.4. The van der Waals surface area contributed by atoms with Gasteiger partial charge in [-0.1, -0.05) is 30.3 Å². The Hall–Kier alpha value is -3.58. The minimum absolute atomic E-state index is 0.0461. The van der Waals surface area contributed by atoms with Crippen molar-refractivity contribution in [3.05, 3.63) is 94.4 Å².